The van der Waals surface area contributed by atoms with Gasteiger partial charge in [0.1, 0.15) is 18.0 Å². The summed E-state index contributed by atoms with van der Waals surface area (Å²) in [6.45, 7) is 4.13. The summed E-state index contributed by atoms with van der Waals surface area (Å²) < 4.78 is 5.74. The molecule has 0 aromatic heterocycles. The van der Waals surface area contributed by atoms with Gasteiger partial charge in [0.05, 0.1) is 11.6 Å². The largest absolute Gasteiger partial charge is 0.485 e. The molecule has 0 radical (unpaired) electrons. The van der Waals surface area contributed by atoms with Crippen molar-refractivity contribution in [3.63, 3.8) is 0 Å². The average molecular weight is 295 g/mol. The molecule has 1 aliphatic rings. The molecule has 0 saturated carbocycles. The van der Waals surface area contributed by atoms with Crippen LogP contribution in [0.15, 0.2) is 47.5 Å². The van der Waals surface area contributed by atoms with Crippen LogP contribution in [0.3, 0.4) is 0 Å². The predicted octanol–water partition coefficient (Wildman–Crippen LogP) is 3.70. The van der Waals surface area contributed by atoms with Crippen molar-refractivity contribution >= 4 is 17.4 Å². The van der Waals surface area contributed by atoms with Gasteiger partial charge in [0.15, 0.2) is 0 Å². The van der Waals surface area contributed by atoms with Crippen molar-refractivity contribution in [1.82, 2.24) is 0 Å². The summed E-state index contributed by atoms with van der Waals surface area (Å²) in [4.78, 5) is 15.8. The number of aliphatic imine (C=N–C) groups is 1. The Morgan fingerprint density at radius 1 is 1.23 bits per heavy atom. The van der Waals surface area contributed by atoms with Crippen LogP contribution in [0.25, 0.3) is 0 Å². The molecular weight excluding hydrogens is 278 g/mol. The minimum Gasteiger partial charge on any atom is -0.485 e. The van der Waals surface area contributed by atoms with Crippen LogP contribution in [0.5, 0.6) is 5.75 Å². The number of aryl methyl sites for hydroxylation is 1. The minimum absolute atomic E-state index is 0.421. The number of hydrogen-bond donors (Lipinski definition) is 1. The molecule has 3 rings (SSSR count). The molecule has 112 valence electrons. The zero-order chi connectivity index (χ0) is 15.7. The number of hydrogen-bond acceptors (Lipinski definition) is 3. The Bertz CT molecular complexity index is 747. The van der Waals surface area contributed by atoms with Gasteiger partial charge in [0, 0.05) is 0 Å². The lowest BCUT2D eigenvalue weighted by atomic mass is 10.00. The Balaban J connectivity index is 1.98. The highest BCUT2D eigenvalue weighted by atomic mass is 16.5. The summed E-state index contributed by atoms with van der Waals surface area (Å²) in [6.07, 6.45) is 0. The molecule has 1 atom stereocenters. The summed E-state index contributed by atoms with van der Waals surface area (Å²) in [5.41, 5.74) is 4.48. The van der Waals surface area contributed by atoms with Crippen LogP contribution < -0.4 is 4.74 Å². The Morgan fingerprint density at radius 2 is 1.95 bits per heavy atom. The molecular formula is C18H17NO3. The van der Waals surface area contributed by atoms with Crippen molar-refractivity contribution in [2.75, 3.05) is 6.61 Å². The molecule has 4 heteroatoms. The monoisotopic (exact) mass is 295 g/mol. The molecule has 2 aromatic rings. The predicted molar refractivity (Wildman–Crippen MR) is 85.4 cm³/mol. The quantitative estimate of drug-likeness (QED) is 0.939. The lowest BCUT2D eigenvalue weighted by Gasteiger charge is -2.18. The van der Waals surface area contributed by atoms with E-state index in [1.807, 2.05) is 31.2 Å². The lowest BCUT2D eigenvalue weighted by molar-refractivity contribution is -0.138. The minimum atomic E-state index is -0.848. The Morgan fingerprint density at radius 3 is 2.64 bits per heavy atom. The van der Waals surface area contributed by atoms with Crippen LogP contribution in [0.2, 0.25) is 0 Å². The zero-order valence-corrected chi connectivity index (χ0v) is 12.5. The molecule has 1 N–H and O–H groups in total. The number of ether oxygens (including phenoxy) is 1. The van der Waals surface area contributed by atoms with E-state index in [0.717, 1.165) is 16.8 Å². The maximum absolute atomic E-state index is 11.1. The van der Waals surface area contributed by atoms with Gasteiger partial charge in [0.25, 0.3) is 0 Å². The van der Waals surface area contributed by atoms with E-state index in [-0.39, 0.29) is 0 Å². The molecule has 2 aromatic carbocycles. The average Bonchev–Trinajstić information content (AvgIpc) is 2.53. The summed E-state index contributed by atoms with van der Waals surface area (Å²) in [5.74, 6) is -0.720. The smallest absolute Gasteiger partial charge is 0.310 e. The van der Waals surface area contributed by atoms with Gasteiger partial charge >= 0.3 is 5.97 Å². The molecule has 1 unspecified atom stereocenters. The first-order chi connectivity index (χ1) is 10.5. The van der Waals surface area contributed by atoms with E-state index in [9.17, 15) is 4.79 Å². The maximum atomic E-state index is 11.1. The van der Waals surface area contributed by atoms with Crippen molar-refractivity contribution in [3.05, 3.63) is 59.2 Å². The maximum Gasteiger partial charge on any atom is 0.310 e. The van der Waals surface area contributed by atoms with Gasteiger partial charge < -0.3 is 9.84 Å². The van der Waals surface area contributed by atoms with Gasteiger partial charge in [-0.1, -0.05) is 35.9 Å². The Kier molecular flexibility index (Phi) is 3.67. The van der Waals surface area contributed by atoms with E-state index in [1.165, 1.54) is 5.56 Å². The van der Waals surface area contributed by atoms with Gasteiger partial charge in [-0.2, -0.15) is 0 Å². The number of nitrogens with zero attached hydrogens (tertiary/aromatic N) is 1. The van der Waals surface area contributed by atoms with Crippen LogP contribution in [0.4, 0.5) is 5.69 Å². The van der Waals surface area contributed by atoms with Crippen LogP contribution in [0, 0.1) is 6.92 Å². The molecule has 0 aliphatic carbocycles. The van der Waals surface area contributed by atoms with Crippen LogP contribution in [0.1, 0.15) is 29.5 Å². The molecule has 22 heavy (non-hydrogen) atoms. The van der Waals surface area contributed by atoms with Crippen LogP contribution in [-0.2, 0) is 4.79 Å². The van der Waals surface area contributed by atoms with E-state index in [4.69, 9.17) is 9.84 Å². The third-order valence-corrected chi connectivity index (χ3v) is 3.86. The SMILES string of the molecule is Cc1ccc(C2=Nc3cc(C(C)C(=O)O)ccc3OC2)cc1. The number of carboxylic acids is 1. The standard InChI is InChI=1S/C18H17NO3/c1-11-3-5-13(6-4-11)16-10-22-17-8-7-14(9-15(17)19-16)12(2)18(20)21/h3-9,12H,10H2,1-2H3,(H,20,21). The van der Waals surface area contributed by atoms with E-state index in [2.05, 4.69) is 4.99 Å². The lowest BCUT2D eigenvalue weighted by Crippen LogP contribution is -2.16. The third kappa shape index (κ3) is 2.72. The summed E-state index contributed by atoms with van der Waals surface area (Å²) >= 11 is 0. The molecule has 0 amide bonds. The van der Waals surface area contributed by atoms with Crippen LogP contribution in [-0.4, -0.2) is 23.4 Å². The van der Waals surface area contributed by atoms with Crippen LogP contribution >= 0.6 is 0 Å². The summed E-state index contributed by atoms with van der Waals surface area (Å²) in [5, 5.41) is 9.13. The van der Waals surface area contributed by atoms with Crippen molar-refractivity contribution in [3.8, 4) is 5.75 Å². The molecule has 0 spiro atoms. The van der Waals surface area contributed by atoms with Crippen molar-refractivity contribution in [2.45, 2.75) is 19.8 Å². The first-order valence-electron chi connectivity index (χ1n) is 7.19. The van der Waals surface area contributed by atoms with E-state index in [0.29, 0.717) is 18.0 Å². The fourth-order valence-electron chi connectivity index (χ4n) is 2.37. The van der Waals surface area contributed by atoms with Crippen molar-refractivity contribution in [1.29, 1.82) is 0 Å². The van der Waals surface area contributed by atoms with Gasteiger partial charge in [-0.3, -0.25) is 4.79 Å². The van der Waals surface area contributed by atoms with Crippen molar-refractivity contribution < 1.29 is 14.6 Å². The number of fused-ring (bicyclic) bond motifs is 1. The van der Waals surface area contributed by atoms with E-state index < -0.39 is 11.9 Å². The Hall–Kier alpha value is -2.62. The highest BCUT2D eigenvalue weighted by Gasteiger charge is 2.19. The van der Waals surface area contributed by atoms with Gasteiger partial charge in [-0.25, -0.2) is 4.99 Å². The fraction of sp³-hybridized carbons (Fsp3) is 0.222. The molecule has 1 heterocycles. The number of benzene rings is 2. The first-order valence-corrected chi connectivity index (χ1v) is 7.19. The topological polar surface area (TPSA) is 58.9 Å². The highest BCUT2D eigenvalue weighted by molar-refractivity contribution is 6.04. The summed E-state index contributed by atoms with van der Waals surface area (Å²) in [7, 11) is 0. The van der Waals surface area contributed by atoms with Gasteiger partial charge in [-0.05, 0) is 37.1 Å². The second-order valence-electron chi connectivity index (χ2n) is 5.50. The molecule has 0 fully saturated rings. The van der Waals surface area contributed by atoms with Gasteiger partial charge in [-0.15, -0.1) is 0 Å². The van der Waals surface area contributed by atoms with Crippen molar-refractivity contribution in [2.24, 2.45) is 4.99 Å². The normalized spacial score (nSPS) is 14.5. The number of carboxylic acid groups (broad SMARTS) is 1. The fourth-order valence-corrected chi connectivity index (χ4v) is 2.37. The summed E-state index contributed by atoms with van der Waals surface area (Å²) in [6, 6.07) is 13.5. The number of rotatable bonds is 3. The second kappa shape index (κ2) is 5.64. The Labute approximate surface area is 129 Å². The first kappa shape index (κ1) is 14.3. The number of aliphatic carboxylic acids is 1. The highest BCUT2D eigenvalue weighted by Crippen LogP contribution is 2.34. The molecule has 4 nitrogen and oxygen atoms in total. The van der Waals surface area contributed by atoms with E-state index in [1.54, 1.807) is 25.1 Å². The number of carbonyl (C=O) groups is 1. The molecule has 1 aliphatic heterocycles. The molecule has 0 bridgehead atoms. The second-order valence-corrected chi connectivity index (χ2v) is 5.50. The zero-order valence-electron chi connectivity index (χ0n) is 12.5. The third-order valence-electron chi connectivity index (χ3n) is 3.86. The van der Waals surface area contributed by atoms with Gasteiger partial charge in [0.2, 0.25) is 0 Å². The van der Waals surface area contributed by atoms with E-state index >= 15 is 0 Å². The molecule has 0 saturated heterocycles.